The predicted molar refractivity (Wildman–Crippen MR) is 97.1 cm³/mol. The first-order valence-corrected chi connectivity index (χ1v) is 9.56. The summed E-state index contributed by atoms with van der Waals surface area (Å²) in [5, 5.41) is 0. The average Bonchev–Trinajstić information content (AvgIpc) is 2.58. The molecule has 0 heterocycles. The number of benzene rings is 2. The van der Waals surface area contributed by atoms with Crippen LogP contribution in [0.1, 0.15) is 11.1 Å². The molecule has 7 nitrogen and oxygen atoms in total. The van der Waals surface area contributed by atoms with Crippen LogP contribution in [0.15, 0.2) is 60.8 Å². The first-order chi connectivity index (χ1) is 13.0. The number of hydrogen-bond acceptors (Lipinski definition) is 6. The monoisotopic (exact) mass is 408 g/mol. The molecule has 152 valence electrons. The van der Waals surface area contributed by atoms with Crippen molar-refractivity contribution >= 4 is 11.8 Å². The van der Waals surface area contributed by atoms with Crippen molar-refractivity contribution in [3.05, 3.63) is 71.9 Å². The second-order valence-electron chi connectivity index (χ2n) is 6.32. The Labute approximate surface area is 167 Å². The van der Waals surface area contributed by atoms with Gasteiger partial charge in [0.15, 0.2) is 6.21 Å². The highest BCUT2D eigenvalue weighted by Crippen LogP contribution is 2.19. The molecule has 0 aliphatic carbocycles. The van der Waals surface area contributed by atoms with Gasteiger partial charge in [-0.2, -0.15) is 0 Å². The van der Waals surface area contributed by atoms with Crippen molar-refractivity contribution in [2.45, 2.75) is 6.61 Å². The van der Waals surface area contributed by atoms with Crippen molar-refractivity contribution in [2.75, 3.05) is 28.2 Å². The number of hydrogen-bond donors (Lipinski definition) is 0. The first kappa shape index (κ1) is 23.6. The normalized spacial score (nSPS) is 11.2. The number of ether oxygens (including phenoxy) is 1. The largest absolute Gasteiger partial charge is 0.489 e. The lowest BCUT2D eigenvalue weighted by atomic mass is 10.1. The molecule has 0 bridgehead atoms. The SMILES string of the molecule is CN(C)C=C(C=[N+](C)C)c1ccc(OCc2ccccc2)cc1.[O-][Cl+3]([O-])([O-])[O-]. The summed E-state index contributed by atoms with van der Waals surface area (Å²) in [6.07, 6.45) is 4.22. The lowest BCUT2D eigenvalue weighted by Crippen LogP contribution is -2.68. The van der Waals surface area contributed by atoms with Crippen molar-refractivity contribution in [1.82, 2.24) is 4.90 Å². The van der Waals surface area contributed by atoms with Gasteiger partial charge in [-0.15, -0.1) is 10.2 Å². The zero-order valence-corrected chi connectivity index (χ0v) is 17.1. The third kappa shape index (κ3) is 11.3. The van der Waals surface area contributed by atoms with Gasteiger partial charge in [-0.25, -0.2) is 23.2 Å². The van der Waals surface area contributed by atoms with Crippen LogP contribution in [0.4, 0.5) is 0 Å². The van der Waals surface area contributed by atoms with Crippen LogP contribution in [0, 0.1) is 10.2 Å². The molecule has 0 aromatic heterocycles. The van der Waals surface area contributed by atoms with Gasteiger partial charge in [0.25, 0.3) is 0 Å². The maximum Gasteiger partial charge on any atom is 0.172 e. The Balaban J connectivity index is 0.000000696. The van der Waals surface area contributed by atoms with E-state index in [1.54, 1.807) is 0 Å². The molecule has 0 spiro atoms. The number of nitrogens with zero attached hydrogens (tertiary/aromatic N) is 2. The molecule has 0 radical (unpaired) electrons. The molecule has 0 aliphatic heterocycles. The Morgan fingerprint density at radius 1 is 0.964 bits per heavy atom. The summed E-state index contributed by atoms with van der Waals surface area (Å²) in [5.41, 5.74) is 3.50. The van der Waals surface area contributed by atoms with Crippen LogP contribution in [0.5, 0.6) is 5.75 Å². The zero-order chi connectivity index (χ0) is 21.2. The molecule has 2 rings (SSSR count). The lowest BCUT2D eigenvalue weighted by molar-refractivity contribution is -2.00. The molecule has 2 aromatic carbocycles. The molecule has 2 aromatic rings. The van der Waals surface area contributed by atoms with Crippen LogP contribution < -0.4 is 23.4 Å². The Hall–Kier alpha value is -2.42. The van der Waals surface area contributed by atoms with E-state index in [1.165, 1.54) is 11.1 Å². The minimum absolute atomic E-state index is 0.588. The van der Waals surface area contributed by atoms with E-state index in [1.807, 2.05) is 58.5 Å². The average molecular weight is 409 g/mol. The Kier molecular flexibility index (Phi) is 9.64. The predicted octanol–water partition coefficient (Wildman–Crippen LogP) is -1.24. The van der Waals surface area contributed by atoms with Crippen molar-refractivity contribution < 1.29 is 38.2 Å². The van der Waals surface area contributed by atoms with Gasteiger partial charge in [-0.3, -0.25) is 0 Å². The summed E-state index contributed by atoms with van der Waals surface area (Å²) < 4.78 is 41.9. The van der Waals surface area contributed by atoms with E-state index in [9.17, 15) is 0 Å². The fourth-order valence-electron chi connectivity index (χ4n) is 2.22. The van der Waals surface area contributed by atoms with E-state index >= 15 is 0 Å². The molecule has 0 amide bonds. The van der Waals surface area contributed by atoms with Gasteiger partial charge >= 0.3 is 0 Å². The van der Waals surface area contributed by atoms with Crippen molar-refractivity contribution in [3.8, 4) is 5.75 Å². The fourth-order valence-corrected chi connectivity index (χ4v) is 2.22. The van der Waals surface area contributed by atoms with Crippen LogP contribution in [0.25, 0.3) is 5.57 Å². The molecule has 0 atom stereocenters. The third-order valence-corrected chi connectivity index (χ3v) is 3.23. The van der Waals surface area contributed by atoms with E-state index in [0.29, 0.717) is 6.61 Å². The number of allylic oxidation sites excluding steroid dienone is 1. The van der Waals surface area contributed by atoms with E-state index in [2.05, 4.69) is 46.2 Å². The van der Waals surface area contributed by atoms with Gasteiger partial charge in [-0.05, 0) is 23.3 Å². The summed E-state index contributed by atoms with van der Waals surface area (Å²) >= 11 is 0. The highest BCUT2D eigenvalue weighted by molar-refractivity contribution is 6.07. The molecule has 0 unspecified atom stereocenters. The highest BCUT2D eigenvalue weighted by Gasteiger charge is 2.04. The Morgan fingerprint density at radius 3 is 1.96 bits per heavy atom. The van der Waals surface area contributed by atoms with Gasteiger partial charge < -0.3 is 9.64 Å². The smallest absolute Gasteiger partial charge is 0.172 e. The maximum atomic E-state index is 8.49. The maximum absolute atomic E-state index is 8.49. The van der Waals surface area contributed by atoms with E-state index < -0.39 is 10.2 Å². The van der Waals surface area contributed by atoms with Gasteiger partial charge in [0.2, 0.25) is 0 Å². The molecule has 28 heavy (non-hydrogen) atoms. The second kappa shape index (κ2) is 11.4. The summed E-state index contributed by atoms with van der Waals surface area (Å²) in [7, 11) is 3.17. The fraction of sp³-hybridized carbons (Fsp3) is 0.250. The topological polar surface area (TPSA) is 108 Å². The van der Waals surface area contributed by atoms with Crippen molar-refractivity contribution in [2.24, 2.45) is 0 Å². The molecule has 8 heteroatoms. The first-order valence-electron chi connectivity index (χ1n) is 8.33. The van der Waals surface area contributed by atoms with Gasteiger partial charge in [-0.1, -0.05) is 42.5 Å². The molecule has 0 saturated carbocycles. The van der Waals surface area contributed by atoms with Gasteiger partial charge in [0.1, 0.15) is 26.5 Å². The Bertz CT molecular complexity index is 759. The molecule has 0 aliphatic rings. The Morgan fingerprint density at radius 2 is 1.50 bits per heavy atom. The lowest BCUT2D eigenvalue weighted by Gasteiger charge is -2.17. The van der Waals surface area contributed by atoms with Crippen LogP contribution in [0.2, 0.25) is 0 Å². The van der Waals surface area contributed by atoms with Crippen LogP contribution >= 0.6 is 0 Å². The second-order valence-corrected chi connectivity index (χ2v) is 7.07. The van der Waals surface area contributed by atoms with E-state index in [-0.39, 0.29) is 0 Å². The molecule has 0 saturated heterocycles. The van der Waals surface area contributed by atoms with Crippen molar-refractivity contribution in [1.29, 1.82) is 0 Å². The van der Waals surface area contributed by atoms with E-state index in [4.69, 9.17) is 23.4 Å². The van der Waals surface area contributed by atoms with E-state index in [0.717, 1.165) is 11.3 Å². The summed E-state index contributed by atoms with van der Waals surface area (Å²) in [4.78, 5) is 2.05. The highest BCUT2D eigenvalue weighted by atomic mass is 35.7. The third-order valence-electron chi connectivity index (χ3n) is 3.23. The minimum Gasteiger partial charge on any atom is -0.489 e. The molecule has 0 N–H and O–H groups in total. The summed E-state index contributed by atoms with van der Waals surface area (Å²) in [5.74, 6) is 0.881. The number of rotatable bonds is 6. The minimum atomic E-state index is -4.94. The summed E-state index contributed by atoms with van der Waals surface area (Å²) in [6, 6.07) is 18.4. The molecule has 0 fully saturated rings. The number of halogens is 1. The zero-order valence-electron chi connectivity index (χ0n) is 16.4. The molecular formula is C20H25ClN2O5. The van der Waals surface area contributed by atoms with Crippen LogP contribution in [-0.2, 0) is 6.61 Å². The quantitative estimate of drug-likeness (QED) is 0.437. The summed E-state index contributed by atoms with van der Waals surface area (Å²) in [6.45, 7) is 0.588. The van der Waals surface area contributed by atoms with Gasteiger partial charge in [0, 0.05) is 20.3 Å². The standard InChI is InChI=1S/C20H25N2O.ClHO4/c1-21(2)14-19(15-22(3)4)18-10-12-20(13-11-18)23-16-17-8-6-5-7-9-17;2-1(3,4)5/h5-15H,16H2,1-4H3;(H,2,3,4,5)/q+1;/p-1. The van der Waals surface area contributed by atoms with Crippen molar-refractivity contribution in [3.63, 3.8) is 0 Å². The van der Waals surface area contributed by atoms with Crippen LogP contribution in [-0.4, -0.2) is 43.9 Å². The van der Waals surface area contributed by atoms with Crippen LogP contribution in [0.3, 0.4) is 0 Å². The van der Waals surface area contributed by atoms with Gasteiger partial charge in [0.05, 0.1) is 5.57 Å². The molecular weight excluding hydrogens is 384 g/mol.